The zero-order valence-corrected chi connectivity index (χ0v) is 19.1. The molecule has 0 atom stereocenters. The maximum absolute atomic E-state index is 12.8. The van der Waals surface area contributed by atoms with Gasteiger partial charge in [-0.1, -0.05) is 0 Å². The molecule has 7 heteroatoms. The van der Waals surface area contributed by atoms with Gasteiger partial charge in [0, 0.05) is 0 Å². The number of hydrogen-bond donors (Lipinski definition) is 0. The summed E-state index contributed by atoms with van der Waals surface area (Å²) in [7, 11) is 0. The van der Waals surface area contributed by atoms with E-state index >= 15 is 0 Å². The van der Waals surface area contributed by atoms with Crippen molar-refractivity contribution in [2.45, 2.75) is 25.7 Å². The van der Waals surface area contributed by atoms with Crippen molar-refractivity contribution in [3.05, 3.63) is 49.2 Å². The second-order valence-corrected chi connectivity index (χ2v) is 10.4. The molecule has 29 heavy (non-hydrogen) atoms. The monoisotopic (exact) mass is 521 g/mol. The van der Waals surface area contributed by atoms with Crippen molar-refractivity contribution < 1.29 is 13.9 Å². The predicted octanol–water partition coefficient (Wildman–Crippen LogP) is 4.20. The van der Waals surface area contributed by atoms with E-state index in [4.69, 9.17) is 9.15 Å². The summed E-state index contributed by atoms with van der Waals surface area (Å²) in [6, 6.07) is 5.71. The van der Waals surface area contributed by atoms with Crippen LogP contribution in [0.25, 0.3) is 26.2 Å². The van der Waals surface area contributed by atoms with Crippen LogP contribution in [0.15, 0.2) is 38.0 Å². The quantitative estimate of drug-likeness (QED) is 0.375. The van der Waals surface area contributed by atoms with E-state index in [9.17, 15) is 9.59 Å². The second kappa shape index (κ2) is 7.88. The number of carbonyl (C=O) groups excluding carboxylic acids is 1. The number of nitrogens with zero attached hydrogens (tertiary/aromatic N) is 1. The van der Waals surface area contributed by atoms with Crippen LogP contribution in [0.5, 0.6) is 0 Å². The first-order valence-electron chi connectivity index (χ1n) is 9.89. The van der Waals surface area contributed by atoms with Gasteiger partial charge in [-0.25, -0.2) is 0 Å². The van der Waals surface area contributed by atoms with Crippen molar-refractivity contribution in [2.75, 3.05) is 26.3 Å². The van der Waals surface area contributed by atoms with Gasteiger partial charge >= 0.3 is 183 Å². The van der Waals surface area contributed by atoms with E-state index in [1.54, 1.807) is 11.0 Å². The van der Waals surface area contributed by atoms with Crippen molar-refractivity contribution in [3.63, 3.8) is 0 Å². The number of carbonyl (C=O) groups is 1. The molecule has 1 aliphatic heterocycles. The van der Waals surface area contributed by atoms with Crippen LogP contribution in [0.4, 0.5) is 0 Å². The topological polar surface area (TPSA) is 59.8 Å². The van der Waals surface area contributed by atoms with E-state index in [1.807, 2.05) is 6.07 Å². The van der Waals surface area contributed by atoms with Gasteiger partial charge in [0.1, 0.15) is 0 Å². The van der Waals surface area contributed by atoms with Crippen LogP contribution in [-0.4, -0.2) is 51.6 Å². The Kier molecular flexibility index (Phi) is 5.24. The van der Waals surface area contributed by atoms with E-state index in [2.05, 4.69) is 28.1 Å². The van der Waals surface area contributed by atoms with Gasteiger partial charge in [0.25, 0.3) is 0 Å². The number of halogens is 1. The average molecular weight is 521 g/mol. The summed E-state index contributed by atoms with van der Waals surface area (Å²) in [5.41, 5.74) is 1.59. The molecule has 0 unspecified atom stereocenters. The van der Waals surface area contributed by atoms with Crippen LogP contribution in [0.3, 0.4) is 0 Å². The van der Waals surface area contributed by atoms with Crippen LogP contribution in [-0.2, 0) is 4.74 Å². The fourth-order valence-corrected chi connectivity index (χ4v) is 7.97. The zero-order valence-electron chi connectivity index (χ0n) is 15.8. The summed E-state index contributed by atoms with van der Waals surface area (Å²) in [6.07, 6.45) is 7.08. The molecule has 5 nitrogen and oxygen atoms in total. The van der Waals surface area contributed by atoms with E-state index < -0.39 is 5.63 Å². The van der Waals surface area contributed by atoms with Crippen molar-refractivity contribution in [3.8, 4) is 0 Å². The minimum absolute atomic E-state index is 0.0719. The average Bonchev–Trinajstić information content (AvgIpc) is 3.11. The SMILES string of the molecule is O=C(c1cc2ccc3c(Br)c(C4=CCCCC4)[se]c3c2oc1=O)N1CCOCC1. The Morgan fingerprint density at radius 3 is 2.76 bits per heavy atom. The Morgan fingerprint density at radius 1 is 1.17 bits per heavy atom. The third-order valence-electron chi connectivity index (χ3n) is 5.61. The number of morpholine rings is 1. The van der Waals surface area contributed by atoms with Gasteiger partial charge in [0.2, 0.25) is 0 Å². The van der Waals surface area contributed by atoms with Gasteiger partial charge in [-0.15, -0.1) is 0 Å². The summed E-state index contributed by atoms with van der Waals surface area (Å²) >= 11 is 3.87. The first kappa shape index (κ1) is 19.3. The summed E-state index contributed by atoms with van der Waals surface area (Å²) in [6.45, 7) is 2.00. The molecule has 0 N–H and O–H groups in total. The molecule has 1 aliphatic carbocycles. The van der Waals surface area contributed by atoms with Crippen molar-refractivity contribution >= 4 is 62.5 Å². The first-order chi connectivity index (χ1) is 14.1. The molecule has 0 saturated carbocycles. The minimum atomic E-state index is -0.556. The Balaban J connectivity index is 1.62. The Morgan fingerprint density at radius 2 is 2.00 bits per heavy atom. The van der Waals surface area contributed by atoms with Crippen LogP contribution >= 0.6 is 15.9 Å². The predicted molar refractivity (Wildman–Crippen MR) is 118 cm³/mol. The standard InChI is InChI=1S/C22H20BrNO4Se/c23-17-15-7-6-14-12-16(21(25)24-8-10-27-11-9-24)22(26)28-18(14)20(15)29-19(17)13-4-2-1-3-5-13/h4,6-7,12H,1-3,5,8-11H2. The first-order valence-corrected chi connectivity index (χ1v) is 12.4. The fourth-order valence-electron chi connectivity index (χ4n) is 4.04. The van der Waals surface area contributed by atoms with E-state index in [0.717, 1.165) is 32.3 Å². The van der Waals surface area contributed by atoms with Crippen molar-refractivity contribution in [2.24, 2.45) is 0 Å². The molecule has 1 fully saturated rings. The molecule has 150 valence electrons. The number of benzene rings is 1. The van der Waals surface area contributed by atoms with Crippen LogP contribution in [0, 0.1) is 0 Å². The molecule has 0 bridgehead atoms. The third kappa shape index (κ3) is 3.44. The Bertz CT molecular complexity index is 1200. The maximum atomic E-state index is 12.8. The normalized spacial score (nSPS) is 17.7. The molecule has 0 radical (unpaired) electrons. The van der Waals surface area contributed by atoms with Gasteiger partial charge < -0.3 is 0 Å². The number of rotatable bonds is 2. The number of ether oxygens (including phenoxy) is 1. The molecule has 1 amide bonds. The molecule has 3 heterocycles. The third-order valence-corrected chi connectivity index (χ3v) is 9.71. The van der Waals surface area contributed by atoms with Crippen LogP contribution < -0.4 is 5.63 Å². The molecular formula is C22H20BrNO4Se. The zero-order chi connectivity index (χ0) is 20.0. The molecule has 2 aliphatic rings. The summed E-state index contributed by atoms with van der Waals surface area (Å²) in [4.78, 5) is 27.2. The number of hydrogen-bond acceptors (Lipinski definition) is 4. The van der Waals surface area contributed by atoms with E-state index in [0.29, 0.717) is 31.9 Å². The molecule has 3 aromatic rings. The Hall–Kier alpha value is -1.66. The molecule has 0 spiro atoms. The molecule has 1 saturated heterocycles. The molecular weight excluding hydrogens is 501 g/mol. The van der Waals surface area contributed by atoms with E-state index in [-0.39, 0.29) is 26.0 Å². The van der Waals surface area contributed by atoms with Gasteiger partial charge in [0.05, 0.1) is 0 Å². The summed E-state index contributed by atoms with van der Waals surface area (Å²) in [5, 5.41) is 1.91. The van der Waals surface area contributed by atoms with Gasteiger partial charge in [-0.2, -0.15) is 0 Å². The van der Waals surface area contributed by atoms with Crippen LogP contribution in [0.2, 0.25) is 0 Å². The van der Waals surface area contributed by atoms with Gasteiger partial charge in [0.15, 0.2) is 0 Å². The van der Waals surface area contributed by atoms with Crippen LogP contribution in [0.1, 0.15) is 40.5 Å². The number of allylic oxidation sites excluding steroid dienone is 2. The van der Waals surface area contributed by atoms with Gasteiger partial charge in [-0.3, -0.25) is 0 Å². The van der Waals surface area contributed by atoms with Crippen molar-refractivity contribution in [1.29, 1.82) is 0 Å². The Labute approximate surface area is 182 Å². The number of amides is 1. The van der Waals surface area contributed by atoms with E-state index in [1.165, 1.54) is 22.9 Å². The molecule has 2 aromatic heterocycles. The van der Waals surface area contributed by atoms with Gasteiger partial charge in [-0.05, 0) is 0 Å². The fraction of sp³-hybridized carbons (Fsp3) is 0.364. The second-order valence-electron chi connectivity index (χ2n) is 7.43. The molecule has 5 rings (SSSR count). The number of fused-ring (bicyclic) bond motifs is 3. The summed E-state index contributed by atoms with van der Waals surface area (Å²) in [5.74, 6) is -0.276. The molecule has 1 aromatic carbocycles. The summed E-state index contributed by atoms with van der Waals surface area (Å²) < 4.78 is 14.6. The van der Waals surface area contributed by atoms with Crippen molar-refractivity contribution in [1.82, 2.24) is 4.90 Å².